The number of aliphatic hydroxyl groups excluding tert-OH is 2. The van der Waals surface area contributed by atoms with Gasteiger partial charge in [-0.05, 0) is 32.1 Å². The Morgan fingerprint density at radius 2 is 1.13 bits per heavy atom. The summed E-state index contributed by atoms with van der Waals surface area (Å²) in [6.45, 7) is 2.20. The second-order valence-corrected chi connectivity index (χ2v) is 16.1. The first-order valence-electron chi connectivity index (χ1n) is 21.6. The van der Waals surface area contributed by atoms with Gasteiger partial charge in [0.05, 0.1) is 19.8 Å². The molecule has 0 bridgehead atoms. The van der Waals surface area contributed by atoms with Gasteiger partial charge in [-0.15, -0.1) is 0 Å². The van der Waals surface area contributed by atoms with Crippen LogP contribution in [-0.4, -0.2) is 77.0 Å². The van der Waals surface area contributed by atoms with Crippen LogP contribution in [0.25, 0.3) is 0 Å². The van der Waals surface area contributed by atoms with Crippen molar-refractivity contribution in [3.63, 3.8) is 0 Å². The van der Waals surface area contributed by atoms with E-state index in [-0.39, 0.29) is 25.6 Å². The molecule has 2 unspecified atom stereocenters. The molecule has 0 saturated carbocycles. The zero-order valence-corrected chi connectivity index (χ0v) is 35.4. The summed E-state index contributed by atoms with van der Waals surface area (Å²) in [6.07, 6.45) is 33.1. The number of carbonyl (C=O) groups excluding carboxylic acids is 2. The van der Waals surface area contributed by atoms with E-state index in [0.717, 1.165) is 77.0 Å². The lowest BCUT2D eigenvalue weighted by Gasteiger charge is -2.20. The molecule has 13 heteroatoms. The Morgan fingerprint density at radius 1 is 0.636 bits per heavy atom. The minimum atomic E-state index is -4.64. The lowest BCUT2D eigenvalue weighted by molar-refractivity contribution is -0.267. The van der Waals surface area contributed by atoms with Gasteiger partial charge in [-0.2, -0.15) is 0 Å². The van der Waals surface area contributed by atoms with Crippen molar-refractivity contribution in [1.82, 2.24) is 0 Å². The summed E-state index contributed by atoms with van der Waals surface area (Å²) in [4.78, 5) is 39.5. The molecule has 55 heavy (non-hydrogen) atoms. The first kappa shape index (κ1) is 53.4. The second-order valence-electron chi connectivity index (χ2n) is 14.7. The second kappa shape index (κ2) is 39.2. The number of unbranched alkanes of at least 4 members (excludes halogenated alkanes) is 21. The van der Waals surface area contributed by atoms with Crippen molar-refractivity contribution in [3.05, 3.63) is 24.3 Å². The van der Waals surface area contributed by atoms with E-state index in [1.165, 1.54) is 70.6 Å². The van der Waals surface area contributed by atoms with E-state index in [2.05, 4.69) is 29.3 Å². The third-order valence-corrected chi connectivity index (χ3v) is 10.3. The predicted molar refractivity (Wildman–Crippen MR) is 217 cm³/mol. The molecule has 0 radical (unpaired) electrons. The number of hydrogen-bond donors (Lipinski definition) is 4. The average molecular weight is 807 g/mol. The maximum absolute atomic E-state index is 12.6. The SMILES string of the molecule is CCCCCCCCCCCCCCCCCC(=O)OC[C@H](COP(=O)(O)OCC(O)CO)OC(=O)CCCCCCC/C=C\C=C\[C@H](CCCCC)OO. The molecule has 0 rings (SSSR count). The summed E-state index contributed by atoms with van der Waals surface area (Å²) < 4.78 is 32.7. The third-order valence-electron chi connectivity index (χ3n) is 9.33. The zero-order chi connectivity index (χ0) is 40.7. The summed E-state index contributed by atoms with van der Waals surface area (Å²) in [5.41, 5.74) is 0. The summed E-state index contributed by atoms with van der Waals surface area (Å²) in [5.74, 6) is -0.979. The molecule has 0 aromatic carbocycles. The molecule has 12 nitrogen and oxygen atoms in total. The van der Waals surface area contributed by atoms with Crippen LogP contribution in [0.2, 0.25) is 0 Å². The minimum Gasteiger partial charge on any atom is -0.462 e. The number of ether oxygens (including phenoxy) is 2. The molecule has 324 valence electrons. The molecule has 0 aliphatic rings. The van der Waals surface area contributed by atoms with Crippen molar-refractivity contribution in [3.8, 4) is 0 Å². The van der Waals surface area contributed by atoms with E-state index in [9.17, 15) is 24.2 Å². The van der Waals surface area contributed by atoms with E-state index in [0.29, 0.717) is 12.8 Å². The van der Waals surface area contributed by atoms with Gasteiger partial charge in [0, 0.05) is 12.8 Å². The minimum absolute atomic E-state index is 0.136. The molecule has 0 aromatic heterocycles. The van der Waals surface area contributed by atoms with Gasteiger partial charge in [-0.1, -0.05) is 167 Å². The number of aliphatic hydroxyl groups is 2. The quantitative estimate of drug-likeness (QED) is 0.0115. The summed E-state index contributed by atoms with van der Waals surface area (Å²) in [7, 11) is -4.64. The van der Waals surface area contributed by atoms with Gasteiger partial charge in [0.1, 0.15) is 18.8 Å². The first-order valence-corrected chi connectivity index (χ1v) is 23.1. The number of phosphoric ester groups is 1. The van der Waals surface area contributed by atoms with E-state index in [4.69, 9.17) is 24.4 Å². The standard InChI is InChI=1S/C42H79O12P/c1-3-5-7-8-9-10-11-12-13-14-15-18-21-24-28-32-41(45)50-36-40(37-52-55(48,49)51-35-38(44)34-43)53-42(46)33-29-25-22-19-16-17-20-23-27-31-39(54-47)30-26-6-4-2/h20,23,27,31,38-40,43-44,47H,3-19,21-22,24-26,28-30,32-37H2,1-2H3,(H,48,49)/b23-20-,31-27+/t38?,39-,40+/m0/s1. The van der Waals surface area contributed by atoms with Crippen LogP contribution in [0.5, 0.6) is 0 Å². The monoisotopic (exact) mass is 807 g/mol. The van der Waals surface area contributed by atoms with Crippen LogP contribution in [0.3, 0.4) is 0 Å². The normalized spacial score (nSPS) is 14.7. The fraction of sp³-hybridized carbons (Fsp3) is 0.857. The van der Waals surface area contributed by atoms with E-state index >= 15 is 0 Å². The van der Waals surface area contributed by atoms with Crippen molar-refractivity contribution in [2.45, 2.75) is 206 Å². The van der Waals surface area contributed by atoms with Gasteiger partial charge in [-0.3, -0.25) is 23.9 Å². The van der Waals surface area contributed by atoms with Gasteiger partial charge in [0.15, 0.2) is 6.10 Å². The molecule has 0 saturated heterocycles. The van der Waals surface area contributed by atoms with Crippen LogP contribution in [-0.2, 0) is 37.6 Å². The number of allylic oxidation sites excluding steroid dienone is 3. The molecule has 0 heterocycles. The van der Waals surface area contributed by atoms with Crippen molar-refractivity contribution in [2.75, 3.05) is 26.4 Å². The maximum atomic E-state index is 12.6. The fourth-order valence-electron chi connectivity index (χ4n) is 5.91. The van der Waals surface area contributed by atoms with E-state index < -0.39 is 51.8 Å². The Hall–Kier alpha value is -1.63. The zero-order valence-electron chi connectivity index (χ0n) is 34.5. The smallest absolute Gasteiger partial charge is 0.462 e. The Bertz CT molecular complexity index is 992. The van der Waals surface area contributed by atoms with Crippen molar-refractivity contribution in [2.24, 2.45) is 0 Å². The van der Waals surface area contributed by atoms with Crippen LogP contribution in [0.1, 0.15) is 187 Å². The van der Waals surface area contributed by atoms with Gasteiger partial charge in [0.25, 0.3) is 0 Å². The topological polar surface area (TPSA) is 178 Å². The number of esters is 2. The Kier molecular flexibility index (Phi) is 38.0. The predicted octanol–water partition coefficient (Wildman–Crippen LogP) is 10.5. The lowest BCUT2D eigenvalue weighted by Crippen LogP contribution is -2.29. The van der Waals surface area contributed by atoms with E-state index in [1.807, 2.05) is 18.2 Å². The van der Waals surface area contributed by atoms with Crippen LogP contribution >= 0.6 is 7.82 Å². The molecular weight excluding hydrogens is 727 g/mol. The highest BCUT2D eigenvalue weighted by atomic mass is 31.2. The molecule has 0 aliphatic heterocycles. The van der Waals surface area contributed by atoms with Gasteiger partial charge >= 0.3 is 19.8 Å². The number of carbonyl (C=O) groups is 2. The molecule has 0 aliphatic carbocycles. The summed E-state index contributed by atoms with van der Waals surface area (Å²) in [5, 5.41) is 27.3. The molecule has 0 spiro atoms. The van der Waals surface area contributed by atoms with Gasteiger partial charge in [-0.25, -0.2) is 9.45 Å². The van der Waals surface area contributed by atoms with Crippen LogP contribution in [0.15, 0.2) is 24.3 Å². The molecule has 0 aromatic rings. The first-order chi connectivity index (χ1) is 26.7. The number of rotatable bonds is 41. The van der Waals surface area contributed by atoms with Gasteiger partial charge in [0.2, 0.25) is 0 Å². The number of phosphoric acid groups is 1. The molecule has 0 amide bonds. The van der Waals surface area contributed by atoms with Crippen molar-refractivity contribution in [1.29, 1.82) is 0 Å². The van der Waals surface area contributed by atoms with Gasteiger partial charge < -0.3 is 24.6 Å². The average Bonchev–Trinajstić information content (AvgIpc) is 3.17. The lowest BCUT2D eigenvalue weighted by atomic mass is 10.0. The summed E-state index contributed by atoms with van der Waals surface area (Å²) >= 11 is 0. The van der Waals surface area contributed by atoms with Crippen molar-refractivity contribution >= 4 is 19.8 Å². The Balaban J connectivity index is 4.39. The van der Waals surface area contributed by atoms with Crippen LogP contribution in [0, 0.1) is 0 Å². The van der Waals surface area contributed by atoms with Crippen molar-refractivity contribution < 1.29 is 57.9 Å². The van der Waals surface area contributed by atoms with Crippen LogP contribution < -0.4 is 0 Å². The maximum Gasteiger partial charge on any atom is 0.472 e. The highest BCUT2D eigenvalue weighted by Crippen LogP contribution is 2.43. The summed E-state index contributed by atoms with van der Waals surface area (Å²) in [6, 6.07) is 0. The highest BCUT2D eigenvalue weighted by molar-refractivity contribution is 7.47. The molecule has 0 fully saturated rings. The molecular formula is C42H79O12P. The van der Waals surface area contributed by atoms with E-state index in [1.54, 1.807) is 0 Å². The largest absolute Gasteiger partial charge is 0.472 e. The van der Waals surface area contributed by atoms with Crippen LogP contribution in [0.4, 0.5) is 0 Å². The molecule has 4 atom stereocenters. The fourth-order valence-corrected chi connectivity index (χ4v) is 6.70. The molecule has 4 N–H and O–H groups in total. The number of hydrogen-bond acceptors (Lipinski definition) is 11. The Morgan fingerprint density at radius 3 is 1.67 bits per heavy atom. The third kappa shape index (κ3) is 37.7. The highest BCUT2D eigenvalue weighted by Gasteiger charge is 2.27. The Labute approximate surface area is 333 Å².